The van der Waals surface area contributed by atoms with Crippen molar-refractivity contribution in [3.63, 3.8) is 0 Å². The van der Waals surface area contributed by atoms with Crippen LogP contribution < -0.4 is 0 Å². The molecule has 0 bridgehead atoms. The van der Waals surface area contributed by atoms with E-state index in [2.05, 4.69) is 13.0 Å². The van der Waals surface area contributed by atoms with Gasteiger partial charge >= 0.3 is 0 Å². The number of hydrogen-bond donors (Lipinski definition) is 1. The number of hydrogen-bond acceptors (Lipinski definition) is 1. The predicted molar refractivity (Wildman–Crippen MR) is 47.3 cm³/mol. The zero-order valence-corrected chi connectivity index (χ0v) is 6.62. The summed E-state index contributed by atoms with van der Waals surface area (Å²) < 4.78 is 0. The molecule has 1 heteroatoms. The molecule has 0 aliphatic heterocycles. The largest absolute Gasteiger partial charge is 0.392 e. The van der Waals surface area contributed by atoms with E-state index < -0.39 is 0 Å². The van der Waals surface area contributed by atoms with Crippen molar-refractivity contribution in [3.05, 3.63) is 41.5 Å². The monoisotopic (exact) mass is 148 g/mol. The van der Waals surface area contributed by atoms with E-state index in [4.69, 9.17) is 5.11 Å². The zero-order valence-electron chi connectivity index (χ0n) is 6.62. The van der Waals surface area contributed by atoms with Crippen LogP contribution in [0.25, 0.3) is 6.08 Å². The van der Waals surface area contributed by atoms with Crippen LogP contribution in [0.2, 0.25) is 0 Å². The van der Waals surface area contributed by atoms with Gasteiger partial charge in [-0.1, -0.05) is 36.4 Å². The first-order chi connectivity index (χ1) is 5.34. The van der Waals surface area contributed by atoms with E-state index in [1.807, 2.05) is 24.3 Å². The van der Waals surface area contributed by atoms with Crippen LogP contribution in [0.1, 0.15) is 11.1 Å². The molecule has 0 heterocycles. The molecule has 0 atom stereocenters. The van der Waals surface area contributed by atoms with Crippen LogP contribution >= 0.6 is 0 Å². The molecule has 0 fully saturated rings. The van der Waals surface area contributed by atoms with Gasteiger partial charge in [-0.2, -0.15) is 0 Å². The van der Waals surface area contributed by atoms with Gasteiger partial charge in [-0.05, 0) is 18.1 Å². The van der Waals surface area contributed by atoms with Gasteiger partial charge in [0, 0.05) is 0 Å². The normalized spacial score (nSPS) is 10.7. The van der Waals surface area contributed by atoms with Gasteiger partial charge in [-0.3, -0.25) is 0 Å². The fraction of sp³-hybridized carbons (Fsp3) is 0.200. The van der Waals surface area contributed by atoms with Gasteiger partial charge in [0.25, 0.3) is 0 Å². The molecular formula is C10H12O. The maximum atomic E-state index is 8.53. The average Bonchev–Trinajstić information content (AvgIpc) is 2.03. The maximum Gasteiger partial charge on any atom is 0.0615 e. The molecule has 0 unspecified atom stereocenters. The second kappa shape index (κ2) is 3.94. The van der Waals surface area contributed by atoms with E-state index in [0.717, 1.165) is 0 Å². The molecule has 0 radical (unpaired) electrons. The van der Waals surface area contributed by atoms with Crippen molar-refractivity contribution in [2.75, 3.05) is 6.61 Å². The van der Waals surface area contributed by atoms with Crippen LogP contribution in [0, 0.1) is 6.92 Å². The molecule has 58 valence electrons. The minimum absolute atomic E-state index is 0.105. The average molecular weight is 148 g/mol. The van der Waals surface area contributed by atoms with Crippen molar-refractivity contribution in [1.29, 1.82) is 0 Å². The summed E-state index contributed by atoms with van der Waals surface area (Å²) in [5, 5.41) is 8.53. The summed E-state index contributed by atoms with van der Waals surface area (Å²) in [6, 6.07) is 8.08. The number of benzene rings is 1. The highest BCUT2D eigenvalue weighted by Crippen LogP contribution is 2.07. The van der Waals surface area contributed by atoms with Crippen molar-refractivity contribution in [1.82, 2.24) is 0 Å². The standard InChI is InChI=1S/C10H12O/c1-9-5-2-3-6-10(9)7-4-8-11/h2-7,11H,8H2,1H3/b7-4+. The van der Waals surface area contributed by atoms with Gasteiger partial charge in [0.15, 0.2) is 0 Å². The van der Waals surface area contributed by atoms with Crippen molar-refractivity contribution in [2.45, 2.75) is 6.92 Å². The lowest BCUT2D eigenvalue weighted by molar-refractivity contribution is 0.343. The Hall–Kier alpha value is -1.08. The third-order valence-corrected chi connectivity index (χ3v) is 1.59. The van der Waals surface area contributed by atoms with E-state index >= 15 is 0 Å². The van der Waals surface area contributed by atoms with Crippen LogP contribution in [0.3, 0.4) is 0 Å². The molecule has 0 amide bonds. The van der Waals surface area contributed by atoms with Crippen LogP contribution in [0.15, 0.2) is 30.3 Å². The first-order valence-electron chi connectivity index (χ1n) is 3.67. The molecule has 0 saturated heterocycles. The molecule has 0 aliphatic rings. The number of rotatable bonds is 2. The first kappa shape index (κ1) is 8.02. The Morgan fingerprint density at radius 2 is 2.09 bits per heavy atom. The Kier molecular flexibility index (Phi) is 2.87. The Bertz CT molecular complexity index is 251. The maximum absolute atomic E-state index is 8.53. The molecular weight excluding hydrogens is 136 g/mol. The van der Waals surface area contributed by atoms with Crippen LogP contribution in [0.4, 0.5) is 0 Å². The number of aliphatic hydroxyl groups excluding tert-OH is 1. The van der Waals surface area contributed by atoms with Crippen LogP contribution in [-0.4, -0.2) is 11.7 Å². The molecule has 11 heavy (non-hydrogen) atoms. The third kappa shape index (κ3) is 2.20. The molecule has 1 nitrogen and oxygen atoms in total. The molecule has 1 aromatic rings. The van der Waals surface area contributed by atoms with Gasteiger partial charge in [0.05, 0.1) is 6.61 Å². The van der Waals surface area contributed by atoms with Gasteiger partial charge in [-0.15, -0.1) is 0 Å². The van der Waals surface area contributed by atoms with E-state index in [-0.39, 0.29) is 6.61 Å². The van der Waals surface area contributed by atoms with Crippen molar-refractivity contribution in [2.24, 2.45) is 0 Å². The van der Waals surface area contributed by atoms with Gasteiger partial charge in [0.2, 0.25) is 0 Å². The summed E-state index contributed by atoms with van der Waals surface area (Å²) in [5.41, 5.74) is 2.40. The smallest absolute Gasteiger partial charge is 0.0615 e. The lowest BCUT2D eigenvalue weighted by Gasteiger charge is -1.96. The Morgan fingerprint density at radius 3 is 2.73 bits per heavy atom. The second-order valence-corrected chi connectivity index (χ2v) is 2.44. The second-order valence-electron chi connectivity index (χ2n) is 2.44. The molecule has 0 aromatic heterocycles. The topological polar surface area (TPSA) is 20.2 Å². The summed E-state index contributed by atoms with van der Waals surface area (Å²) in [6.07, 6.45) is 3.66. The van der Waals surface area contributed by atoms with Crippen molar-refractivity contribution < 1.29 is 5.11 Å². The fourth-order valence-corrected chi connectivity index (χ4v) is 0.953. The third-order valence-electron chi connectivity index (χ3n) is 1.59. The minimum atomic E-state index is 0.105. The zero-order chi connectivity index (χ0) is 8.10. The highest BCUT2D eigenvalue weighted by molar-refractivity contribution is 5.53. The quantitative estimate of drug-likeness (QED) is 0.680. The van der Waals surface area contributed by atoms with Gasteiger partial charge in [-0.25, -0.2) is 0 Å². The summed E-state index contributed by atoms with van der Waals surface area (Å²) in [6.45, 7) is 2.16. The molecule has 1 aromatic carbocycles. The van der Waals surface area contributed by atoms with E-state index in [1.165, 1.54) is 11.1 Å². The highest BCUT2D eigenvalue weighted by Gasteiger charge is 1.88. The first-order valence-corrected chi connectivity index (χ1v) is 3.67. The van der Waals surface area contributed by atoms with Crippen LogP contribution in [-0.2, 0) is 0 Å². The highest BCUT2D eigenvalue weighted by atomic mass is 16.2. The van der Waals surface area contributed by atoms with E-state index in [9.17, 15) is 0 Å². The SMILES string of the molecule is Cc1ccccc1/C=C/CO. The number of aliphatic hydroxyl groups is 1. The van der Waals surface area contributed by atoms with Gasteiger partial charge in [0.1, 0.15) is 0 Å². The fourth-order valence-electron chi connectivity index (χ4n) is 0.953. The summed E-state index contributed by atoms with van der Waals surface area (Å²) in [5.74, 6) is 0. The Labute approximate surface area is 67.0 Å². The Morgan fingerprint density at radius 1 is 1.36 bits per heavy atom. The van der Waals surface area contributed by atoms with Crippen molar-refractivity contribution >= 4 is 6.08 Å². The molecule has 1 rings (SSSR count). The molecule has 0 spiro atoms. The molecule has 1 N–H and O–H groups in total. The van der Waals surface area contributed by atoms with E-state index in [1.54, 1.807) is 6.08 Å². The van der Waals surface area contributed by atoms with Gasteiger partial charge < -0.3 is 5.11 Å². The predicted octanol–water partition coefficient (Wildman–Crippen LogP) is 2.00. The summed E-state index contributed by atoms with van der Waals surface area (Å²) in [4.78, 5) is 0. The minimum Gasteiger partial charge on any atom is -0.392 e. The van der Waals surface area contributed by atoms with E-state index in [0.29, 0.717) is 0 Å². The molecule has 0 saturated carbocycles. The molecule has 0 aliphatic carbocycles. The number of aryl methyl sites for hydroxylation is 1. The Balaban J connectivity index is 2.86. The lowest BCUT2D eigenvalue weighted by atomic mass is 10.1. The summed E-state index contributed by atoms with van der Waals surface area (Å²) in [7, 11) is 0. The lowest BCUT2D eigenvalue weighted by Crippen LogP contribution is -1.78. The van der Waals surface area contributed by atoms with Crippen LogP contribution in [0.5, 0.6) is 0 Å². The van der Waals surface area contributed by atoms with Crippen molar-refractivity contribution in [3.8, 4) is 0 Å². The summed E-state index contributed by atoms with van der Waals surface area (Å²) >= 11 is 0.